The molecule has 4 heteroatoms. The Bertz CT molecular complexity index is 429. The van der Waals surface area contributed by atoms with E-state index < -0.39 is 0 Å². The molecule has 1 N–H and O–H groups in total. The molecule has 0 saturated carbocycles. The summed E-state index contributed by atoms with van der Waals surface area (Å²) in [5, 5.41) is 4.60. The van der Waals surface area contributed by atoms with Crippen LogP contribution in [0.15, 0.2) is 23.5 Å². The van der Waals surface area contributed by atoms with Gasteiger partial charge in [-0.3, -0.25) is 9.98 Å². The predicted octanol–water partition coefficient (Wildman–Crippen LogP) is 3.00. The van der Waals surface area contributed by atoms with Gasteiger partial charge < -0.3 is 5.32 Å². The topological polar surface area (TPSA) is 37.3 Å². The Morgan fingerprint density at radius 1 is 1.56 bits per heavy atom. The van der Waals surface area contributed by atoms with E-state index in [1.165, 1.54) is 17.5 Å². The fraction of sp³-hybridized carbons (Fsp3) is 0.571. The van der Waals surface area contributed by atoms with Crippen molar-refractivity contribution in [2.45, 2.75) is 39.8 Å². The number of aryl methyl sites for hydroxylation is 1. The Labute approximate surface area is 113 Å². The van der Waals surface area contributed by atoms with Gasteiger partial charge in [-0.05, 0) is 36.5 Å². The highest BCUT2D eigenvalue weighted by Gasteiger charge is 2.20. The van der Waals surface area contributed by atoms with Crippen molar-refractivity contribution in [2.75, 3.05) is 5.75 Å². The molecule has 0 aliphatic carbocycles. The van der Waals surface area contributed by atoms with Gasteiger partial charge in [0.1, 0.15) is 0 Å². The first kappa shape index (κ1) is 13.4. The van der Waals surface area contributed by atoms with Gasteiger partial charge in [-0.25, -0.2) is 0 Å². The van der Waals surface area contributed by atoms with Crippen LogP contribution in [0.1, 0.15) is 31.4 Å². The van der Waals surface area contributed by atoms with Gasteiger partial charge in [-0.15, -0.1) is 0 Å². The number of hydrogen-bond donors (Lipinski definition) is 1. The lowest BCUT2D eigenvalue weighted by Gasteiger charge is -2.11. The Balaban J connectivity index is 1.90. The molecule has 2 rings (SSSR count). The molecule has 1 fully saturated rings. The van der Waals surface area contributed by atoms with Gasteiger partial charge in [0, 0.05) is 24.2 Å². The van der Waals surface area contributed by atoms with E-state index in [1.54, 1.807) is 0 Å². The fourth-order valence-electron chi connectivity index (χ4n) is 2.06. The van der Waals surface area contributed by atoms with Crippen LogP contribution in [0, 0.1) is 12.8 Å². The average Bonchev–Trinajstić information content (AvgIpc) is 2.75. The second-order valence-corrected chi connectivity index (χ2v) is 6.21. The molecule has 3 nitrogen and oxygen atoms in total. The third-order valence-electron chi connectivity index (χ3n) is 3.03. The lowest BCUT2D eigenvalue weighted by atomic mass is 10.1. The van der Waals surface area contributed by atoms with E-state index in [1.807, 2.05) is 30.2 Å². The van der Waals surface area contributed by atoms with Gasteiger partial charge in [-0.1, -0.05) is 25.6 Å². The zero-order valence-electron chi connectivity index (χ0n) is 11.3. The predicted molar refractivity (Wildman–Crippen MR) is 78.9 cm³/mol. The lowest BCUT2D eigenvalue weighted by molar-refractivity contribution is 0.502. The SMILES string of the molecule is Cc1cnccc1CN=C1NC(CC(C)C)CS1. The summed E-state index contributed by atoms with van der Waals surface area (Å²) in [6.45, 7) is 7.36. The van der Waals surface area contributed by atoms with Crippen molar-refractivity contribution in [2.24, 2.45) is 10.9 Å². The van der Waals surface area contributed by atoms with E-state index in [0.29, 0.717) is 6.04 Å². The maximum absolute atomic E-state index is 4.65. The van der Waals surface area contributed by atoms with Gasteiger partial charge in [0.2, 0.25) is 0 Å². The number of rotatable bonds is 4. The number of amidine groups is 1. The van der Waals surface area contributed by atoms with Crippen LogP contribution in [-0.2, 0) is 6.54 Å². The molecule has 1 unspecified atom stereocenters. The second kappa shape index (κ2) is 6.23. The Morgan fingerprint density at radius 2 is 2.39 bits per heavy atom. The number of nitrogens with one attached hydrogen (secondary N) is 1. The molecule has 0 radical (unpaired) electrons. The highest BCUT2D eigenvalue weighted by Crippen LogP contribution is 2.19. The van der Waals surface area contributed by atoms with Crippen molar-refractivity contribution >= 4 is 16.9 Å². The summed E-state index contributed by atoms with van der Waals surface area (Å²) in [5.74, 6) is 1.89. The number of aliphatic imine (C=N–C) groups is 1. The second-order valence-electron chi connectivity index (χ2n) is 5.21. The van der Waals surface area contributed by atoms with E-state index in [-0.39, 0.29) is 0 Å². The van der Waals surface area contributed by atoms with Crippen LogP contribution in [0.5, 0.6) is 0 Å². The molecule has 0 spiro atoms. The van der Waals surface area contributed by atoms with Crippen LogP contribution in [0.3, 0.4) is 0 Å². The molecule has 1 atom stereocenters. The van der Waals surface area contributed by atoms with Crippen LogP contribution in [-0.4, -0.2) is 21.9 Å². The first-order chi connectivity index (χ1) is 8.65. The molecule has 2 heterocycles. The van der Waals surface area contributed by atoms with E-state index in [9.17, 15) is 0 Å². The lowest BCUT2D eigenvalue weighted by Crippen LogP contribution is -2.28. The highest BCUT2D eigenvalue weighted by atomic mass is 32.2. The molecule has 1 saturated heterocycles. The summed E-state index contributed by atoms with van der Waals surface area (Å²) in [5.41, 5.74) is 2.47. The summed E-state index contributed by atoms with van der Waals surface area (Å²) in [6.07, 6.45) is 4.95. The van der Waals surface area contributed by atoms with Crippen LogP contribution < -0.4 is 5.32 Å². The Morgan fingerprint density at radius 3 is 3.11 bits per heavy atom. The van der Waals surface area contributed by atoms with E-state index >= 15 is 0 Å². The summed E-state index contributed by atoms with van der Waals surface area (Å²) in [6, 6.07) is 2.64. The molecular weight excluding hydrogens is 242 g/mol. The smallest absolute Gasteiger partial charge is 0.157 e. The van der Waals surface area contributed by atoms with Crippen molar-refractivity contribution in [3.63, 3.8) is 0 Å². The molecular formula is C14H21N3S. The standard InChI is InChI=1S/C14H21N3S/c1-10(2)6-13-9-18-14(17-13)16-8-12-4-5-15-7-11(12)3/h4-5,7,10,13H,6,8-9H2,1-3H3,(H,16,17). The van der Waals surface area contributed by atoms with Gasteiger partial charge >= 0.3 is 0 Å². The molecule has 1 aliphatic heterocycles. The highest BCUT2D eigenvalue weighted by molar-refractivity contribution is 8.14. The number of thioether (sulfide) groups is 1. The van der Waals surface area contributed by atoms with Crippen molar-refractivity contribution in [3.05, 3.63) is 29.6 Å². The van der Waals surface area contributed by atoms with Crippen LogP contribution in [0.25, 0.3) is 0 Å². The normalized spacial score (nSPS) is 21.6. The Hall–Kier alpha value is -1.03. The minimum absolute atomic E-state index is 0.590. The molecule has 0 bridgehead atoms. The minimum Gasteiger partial charge on any atom is -0.361 e. The Kier molecular flexibility index (Phi) is 4.64. The molecule has 0 aromatic carbocycles. The zero-order valence-corrected chi connectivity index (χ0v) is 12.1. The first-order valence-electron chi connectivity index (χ1n) is 6.48. The third-order valence-corrected chi connectivity index (χ3v) is 4.12. The van der Waals surface area contributed by atoms with E-state index in [0.717, 1.165) is 23.4 Å². The molecule has 1 aromatic heterocycles. The molecule has 1 aromatic rings. The summed E-state index contributed by atoms with van der Waals surface area (Å²) in [4.78, 5) is 8.75. The molecule has 1 aliphatic rings. The van der Waals surface area contributed by atoms with Crippen LogP contribution >= 0.6 is 11.8 Å². The summed E-state index contributed by atoms with van der Waals surface area (Å²) < 4.78 is 0. The monoisotopic (exact) mass is 263 g/mol. The summed E-state index contributed by atoms with van der Waals surface area (Å²) >= 11 is 1.84. The zero-order chi connectivity index (χ0) is 13.0. The van der Waals surface area contributed by atoms with Crippen molar-refractivity contribution < 1.29 is 0 Å². The van der Waals surface area contributed by atoms with Crippen molar-refractivity contribution in [3.8, 4) is 0 Å². The number of aromatic nitrogens is 1. The quantitative estimate of drug-likeness (QED) is 0.907. The molecule has 98 valence electrons. The summed E-state index contributed by atoms with van der Waals surface area (Å²) in [7, 11) is 0. The maximum atomic E-state index is 4.65. The fourth-order valence-corrected chi connectivity index (χ4v) is 3.05. The first-order valence-corrected chi connectivity index (χ1v) is 7.47. The maximum Gasteiger partial charge on any atom is 0.157 e. The number of pyridine rings is 1. The number of nitrogens with zero attached hydrogens (tertiary/aromatic N) is 2. The molecule has 18 heavy (non-hydrogen) atoms. The van der Waals surface area contributed by atoms with Crippen LogP contribution in [0.2, 0.25) is 0 Å². The van der Waals surface area contributed by atoms with Crippen molar-refractivity contribution in [1.82, 2.24) is 10.3 Å². The average molecular weight is 263 g/mol. The van der Waals surface area contributed by atoms with E-state index in [4.69, 9.17) is 0 Å². The third kappa shape index (κ3) is 3.73. The minimum atomic E-state index is 0.590. The van der Waals surface area contributed by atoms with E-state index in [2.05, 4.69) is 36.1 Å². The van der Waals surface area contributed by atoms with Gasteiger partial charge in [-0.2, -0.15) is 0 Å². The van der Waals surface area contributed by atoms with Gasteiger partial charge in [0.25, 0.3) is 0 Å². The largest absolute Gasteiger partial charge is 0.361 e. The number of hydrogen-bond acceptors (Lipinski definition) is 3. The molecule has 0 amide bonds. The van der Waals surface area contributed by atoms with Gasteiger partial charge in [0.05, 0.1) is 6.54 Å². The van der Waals surface area contributed by atoms with Crippen molar-refractivity contribution in [1.29, 1.82) is 0 Å². The van der Waals surface area contributed by atoms with Gasteiger partial charge in [0.15, 0.2) is 5.17 Å². The van der Waals surface area contributed by atoms with Crippen LogP contribution in [0.4, 0.5) is 0 Å².